The summed E-state index contributed by atoms with van der Waals surface area (Å²) in [6.07, 6.45) is 3.33. The van der Waals surface area contributed by atoms with Gasteiger partial charge in [0, 0.05) is 0 Å². The van der Waals surface area contributed by atoms with E-state index in [4.69, 9.17) is 4.74 Å². The van der Waals surface area contributed by atoms with Gasteiger partial charge in [-0.05, 0) is 30.3 Å². The second-order valence-electron chi connectivity index (χ2n) is 4.86. The first-order chi connectivity index (χ1) is 10.9. The first kappa shape index (κ1) is 12.6. The summed E-state index contributed by atoms with van der Waals surface area (Å²) in [4.78, 5) is 7.81. The molecule has 0 bridgehead atoms. The van der Waals surface area contributed by atoms with Crippen LogP contribution in [0.1, 0.15) is 5.82 Å². The Morgan fingerprint density at radius 1 is 1.00 bits per heavy atom. The van der Waals surface area contributed by atoms with Crippen LogP contribution < -0.4 is 4.74 Å². The molecule has 2 heterocycles. The lowest BCUT2D eigenvalue weighted by atomic mass is 10.3. The van der Waals surface area contributed by atoms with Gasteiger partial charge in [-0.15, -0.1) is 10.2 Å². The molecular formula is C16H13N5O. The van der Waals surface area contributed by atoms with E-state index in [2.05, 4.69) is 20.2 Å². The summed E-state index contributed by atoms with van der Waals surface area (Å²) >= 11 is 0. The molecule has 0 unspecified atom stereocenters. The molecule has 0 aliphatic carbocycles. The third-order valence-corrected chi connectivity index (χ3v) is 3.35. The van der Waals surface area contributed by atoms with Gasteiger partial charge in [0.05, 0.1) is 16.7 Å². The molecule has 0 fully saturated rings. The Hall–Kier alpha value is -3.15. The monoisotopic (exact) mass is 291 g/mol. The van der Waals surface area contributed by atoms with Gasteiger partial charge in [-0.3, -0.25) is 4.57 Å². The number of hydrogen-bond acceptors (Lipinski definition) is 4. The van der Waals surface area contributed by atoms with Gasteiger partial charge in [0.15, 0.2) is 0 Å². The molecule has 4 aromatic rings. The number of aromatic nitrogens is 5. The molecule has 4 rings (SSSR count). The molecule has 2 aromatic heterocycles. The minimum atomic E-state index is 0.403. The highest BCUT2D eigenvalue weighted by molar-refractivity contribution is 5.77. The van der Waals surface area contributed by atoms with Crippen molar-refractivity contribution in [2.75, 3.05) is 0 Å². The van der Waals surface area contributed by atoms with Crippen LogP contribution in [-0.2, 0) is 6.61 Å². The molecule has 0 atom stereocenters. The lowest BCUT2D eigenvalue weighted by Gasteiger charge is -2.02. The summed E-state index contributed by atoms with van der Waals surface area (Å²) in [5.41, 5.74) is 2.85. The van der Waals surface area contributed by atoms with Gasteiger partial charge < -0.3 is 9.72 Å². The predicted molar refractivity (Wildman–Crippen MR) is 81.8 cm³/mol. The van der Waals surface area contributed by atoms with Crippen molar-refractivity contribution < 1.29 is 4.74 Å². The van der Waals surface area contributed by atoms with Gasteiger partial charge in [0.2, 0.25) is 0 Å². The summed E-state index contributed by atoms with van der Waals surface area (Å²) in [6.45, 7) is 0.403. The van der Waals surface area contributed by atoms with Gasteiger partial charge in [-0.2, -0.15) is 0 Å². The Morgan fingerprint density at radius 2 is 1.82 bits per heavy atom. The molecule has 0 aliphatic heterocycles. The summed E-state index contributed by atoms with van der Waals surface area (Å²) in [5.74, 6) is 1.62. The van der Waals surface area contributed by atoms with Crippen LogP contribution in [0.4, 0.5) is 0 Å². The van der Waals surface area contributed by atoms with E-state index in [1.54, 1.807) is 12.7 Å². The van der Waals surface area contributed by atoms with Crippen LogP contribution >= 0.6 is 0 Å². The van der Waals surface area contributed by atoms with Gasteiger partial charge in [0.25, 0.3) is 0 Å². The van der Waals surface area contributed by atoms with Gasteiger partial charge in [-0.25, -0.2) is 4.98 Å². The lowest BCUT2D eigenvalue weighted by Crippen LogP contribution is -1.96. The molecule has 0 spiro atoms. The van der Waals surface area contributed by atoms with E-state index in [9.17, 15) is 0 Å². The average Bonchev–Trinajstić information content (AvgIpc) is 3.22. The summed E-state index contributed by atoms with van der Waals surface area (Å²) in [5, 5.41) is 7.63. The molecule has 0 saturated heterocycles. The van der Waals surface area contributed by atoms with Gasteiger partial charge in [-0.1, -0.05) is 18.2 Å². The summed E-state index contributed by atoms with van der Waals surface area (Å²) < 4.78 is 7.55. The van der Waals surface area contributed by atoms with E-state index in [1.807, 2.05) is 53.1 Å². The predicted octanol–water partition coefficient (Wildman–Crippen LogP) is 2.72. The minimum Gasteiger partial charge on any atom is -0.486 e. The second-order valence-corrected chi connectivity index (χ2v) is 4.86. The van der Waals surface area contributed by atoms with Crippen molar-refractivity contribution >= 4 is 11.0 Å². The van der Waals surface area contributed by atoms with E-state index in [0.29, 0.717) is 6.61 Å². The number of benzene rings is 2. The standard InChI is InChI=1S/C16H13N5O/c1-2-4-13(5-3-1)22-9-16-19-14-7-6-12(8-15(14)20-16)21-10-17-18-11-21/h1-8,10-11H,9H2,(H,19,20). The van der Waals surface area contributed by atoms with E-state index in [-0.39, 0.29) is 0 Å². The molecule has 0 aliphatic rings. The molecule has 0 amide bonds. The normalized spacial score (nSPS) is 10.9. The zero-order valence-corrected chi connectivity index (χ0v) is 11.7. The zero-order valence-electron chi connectivity index (χ0n) is 11.7. The summed E-state index contributed by atoms with van der Waals surface area (Å²) in [7, 11) is 0. The van der Waals surface area contributed by atoms with Crippen molar-refractivity contribution in [3.05, 3.63) is 67.0 Å². The Labute approximate surface area is 126 Å². The fourth-order valence-corrected chi connectivity index (χ4v) is 2.28. The molecule has 6 heteroatoms. The quantitative estimate of drug-likeness (QED) is 0.627. The number of aromatic amines is 1. The first-order valence-corrected chi connectivity index (χ1v) is 6.90. The molecule has 2 aromatic carbocycles. The number of nitrogens with zero attached hydrogens (tertiary/aromatic N) is 4. The van der Waals surface area contributed by atoms with Gasteiger partial charge in [0.1, 0.15) is 30.8 Å². The van der Waals surface area contributed by atoms with Crippen molar-refractivity contribution in [3.63, 3.8) is 0 Å². The van der Waals surface area contributed by atoms with Crippen molar-refractivity contribution in [2.45, 2.75) is 6.61 Å². The number of H-pyrrole nitrogens is 1. The maximum atomic E-state index is 5.71. The van der Waals surface area contributed by atoms with Gasteiger partial charge >= 0.3 is 0 Å². The van der Waals surface area contributed by atoms with Crippen LogP contribution in [0.2, 0.25) is 0 Å². The number of imidazole rings is 1. The number of ether oxygens (including phenoxy) is 1. The van der Waals surface area contributed by atoms with Crippen LogP contribution in [0.5, 0.6) is 5.75 Å². The number of nitrogens with one attached hydrogen (secondary N) is 1. The lowest BCUT2D eigenvalue weighted by molar-refractivity contribution is 0.297. The van der Waals surface area contributed by atoms with Crippen LogP contribution in [0.25, 0.3) is 16.7 Å². The fourth-order valence-electron chi connectivity index (χ4n) is 2.28. The highest BCUT2D eigenvalue weighted by Gasteiger charge is 2.05. The van der Waals surface area contributed by atoms with Crippen molar-refractivity contribution in [1.82, 2.24) is 24.7 Å². The fraction of sp³-hybridized carbons (Fsp3) is 0.0625. The maximum Gasteiger partial charge on any atom is 0.146 e. The highest BCUT2D eigenvalue weighted by Crippen LogP contribution is 2.17. The maximum absolute atomic E-state index is 5.71. The second kappa shape index (κ2) is 5.33. The number of para-hydroxylation sites is 1. The molecule has 22 heavy (non-hydrogen) atoms. The minimum absolute atomic E-state index is 0.403. The molecule has 0 radical (unpaired) electrons. The number of rotatable bonds is 4. The number of hydrogen-bond donors (Lipinski definition) is 1. The first-order valence-electron chi connectivity index (χ1n) is 6.90. The van der Waals surface area contributed by atoms with Crippen molar-refractivity contribution in [3.8, 4) is 11.4 Å². The van der Waals surface area contributed by atoms with E-state index >= 15 is 0 Å². The topological polar surface area (TPSA) is 68.6 Å². The largest absolute Gasteiger partial charge is 0.486 e. The smallest absolute Gasteiger partial charge is 0.146 e. The Balaban J connectivity index is 1.58. The molecule has 108 valence electrons. The molecule has 6 nitrogen and oxygen atoms in total. The molecule has 1 N–H and O–H groups in total. The SMILES string of the molecule is c1ccc(OCc2nc3ccc(-n4cnnc4)cc3[nH]2)cc1. The highest BCUT2D eigenvalue weighted by atomic mass is 16.5. The van der Waals surface area contributed by atoms with Crippen LogP contribution in [-0.4, -0.2) is 24.7 Å². The average molecular weight is 291 g/mol. The van der Waals surface area contributed by atoms with E-state index < -0.39 is 0 Å². The Kier molecular flexibility index (Phi) is 3.05. The summed E-state index contributed by atoms with van der Waals surface area (Å²) in [6, 6.07) is 15.7. The van der Waals surface area contributed by atoms with Crippen LogP contribution in [0.15, 0.2) is 61.2 Å². The molecular weight excluding hydrogens is 278 g/mol. The molecule has 0 saturated carbocycles. The zero-order chi connectivity index (χ0) is 14.8. The third-order valence-electron chi connectivity index (χ3n) is 3.35. The van der Waals surface area contributed by atoms with E-state index in [1.165, 1.54) is 0 Å². The Morgan fingerprint density at radius 3 is 2.64 bits per heavy atom. The van der Waals surface area contributed by atoms with Crippen molar-refractivity contribution in [2.24, 2.45) is 0 Å². The van der Waals surface area contributed by atoms with Crippen LogP contribution in [0.3, 0.4) is 0 Å². The Bertz CT molecular complexity index is 883. The van der Waals surface area contributed by atoms with E-state index in [0.717, 1.165) is 28.3 Å². The van der Waals surface area contributed by atoms with Crippen LogP contribution in [0, 0.1) is 0 Å². The van der Waals surface area contributed by atoms with Crippen molar-refractivity contribution in [1.29, 1.82) is 0 Å². The number of fused-ring (bicyclic) bond motifs is 1. The third kappa shape index (κ3) is 2.42.